The zero-order chi connectivity index (χ0) is 25.0. The molecule has 2 unspecified atom stereocenters. The first-order valence-corrected chi connectivity index (χ1v) is 11.1. The Balaban J connectivity index is 1.33. The molecule has 1 saturated carbocycles. The molecule has 8 nitrogen and oxygen atoms in total. The first-order chi connectivity index (χ1) is 16.7. The molecule has 0 bridgehead atoms. The van der Waals surface area contributed by atoms with Gasteiger partial charge >= 0.3 is 12.1 Å². The van der Waals surface area contributed by atoms with E-state index in [1.165, 1.54) is 0 Å². The third kappa shape index (κ3) is 6.56. The summed E-state index contributed by atoms with van der Waals surface area (Å²) in [6.45, 7) is -0.807. The van der Waals surface area contributed by atoms with Gasteiger partial charge in [0, 0.05) is 18.0 Å². The highest BCUT2D eigenvalue weighted by molar-refractivity contribution is 5.76. The minimum Gasteiger partial charge on any atom is -0.492 e. The number of fused-ring (bicyclic) bond motifs is 1. The zero-order valence-corrected chi connectivity index (χ0v) is 18.6. The highest BCUT2D eigenvalue weighted by Crippen LogP contribution is 2.43. The van der Waals surface area contributed by atoms with Crippen molar-refractivity contribution in [2.75, 3.05) is 13.2 Å². The van der Waals surface area contributed by atoms with Crippen molar-refractivity contribution in [3.63, 3.8) is 0 Å². The van der Waals surface area contributed by atoms with Crippen LogP contribution >= 0.6 is 0 Å². The number of ether oxygens (including phenoxy) is 2. The third-order valence-corrected chi connectivity index (χ3v) is 5.79. The molecule has 1 aromatic carbocycles. The van der Waals surface area contributed by atoms with Crippen LogP contribution in [0.15, 0.2) is 53.8 Å². The molecule has 0 radical (unpaired) electrons. The zero-order valence-electron chi connectivity index (χ0n) is 18.6. The Morgan fingerprint density at radius 2 is 1.91 bits per heavy atom. The normalized spacial score (nSPS) is 15.6. The maximum Gasteiger partial charge on any atom is 0.411 e. The van der Waals surface area contributed by atoms with Crippen LogP contribution in [-0.4, -0.2) is 46.1 Å². The van der Waals surface area contributed by atoms with Crippen molar-refractivity contribution in [3.8, 4) is 5.75 Å². The van der Waals surface area contributed by atoms with Gasteiger partial charge in [0.15, 0.2) is 6.10 Å². The number of nitrogens with zero attached hydrogens (tertiary/aromatic N) is 3. The first kappa shape index (κ1) is 24.6. The van der Waals surface area contributed by atoms with Crippen LogP contribution in [-0.2, 0) is 22.5 Å². The molecule has 2 atom stereocenters. The first-order valence-electron chi connectivity index (χ1n) is 11.1. The van der Waals surface area contributed by atoms with E-state index in [0.29, 0.717) is 30.2 Å². The highest BCUT2D eigenvalue weighted by Gasteiger charge is 2.34. The van der Waals surface area contributed by atoms with Gasteiger partial charge in [0.05, 0.1) is 12.2 Å². The van der Waals surface area contributed by atoms with E-state index >= 15 is 0 Å². The largest absolute Gasteiger partial charge is 0.492 e. The van der Waals surface area contributed by atoms with Crippen molar-refractivity contribution in [1.82, 2.24) is 9.55 Å². The average molecular weight is 491 g/mol. The number of alkyl halides is 3. The molecule has 0 saturated heterocycles. The number of halogens is 3. The minimum absolute atomic E-state index is 0.202. The van der Waals surface area contributed by atoms with Gasteiger partial charge < -0.3 is 19.1 Å². The van der Waals surface area contributed by atoms with Crippen LogP contribution in [0.5, 0.6) is 5.75 Å². The van der Waals surface area contributed by atoms with Gasteiger partial charge in [-0.2, -0.15) is 18.1 Å². The molecule has 0 aliphatic heterocycles. The minimum atomic E-state index is -4.60. The van der Waals surface area contributed by atoms with Gasteiger partial charge in [-0.25, -0.2) is 9.78 Å². The summed E-state index contributed by atoms with van der Waals surface area (Å²) in [6, 6.07) is 11.7. The molecule has 4 rings (SSSR count). The standard InChI is InChI=1S/C24H24F3N3O5/c25-24(26,27)14-35-20(23(31)32)13-15-1-6-18(7-2-15)34-12-11-30-10-9-17-5-8-19(28-22(17)30)21(29-33)16-3-4-16/h1-2,5-10,16,20-21H,3-4,11-14H2,(H,31,32). The summed E-state index contributed by atoms with van der Waals surface area (Å²) in [6.07, 6.45) is -2.54. The predicted molar refractivity (Wildman–Crippen MR) is 120 cm³/mol. The Labute approximate surface area is 198 Å². The second kappa shape index (κ2) is 10.4. The number of benzene rings is 1. The molecule has 186 valence electrons. The van der Waals surface area contributed by atoms with Crippen LogP contribution in [0.25, 0.3) is 11.0 Å². The van der Waals surface area contributed by atoms with E-state index in [1.807, 2.05) is 29.0 Å². The van der Waals surface area contributed by atoms with E-state index in [9.17, 15) is 22.9 Å². The van der Waals surface area contributed by atoms with E-state index in [-0.39, 0.29) is 12.3 Å². The van der Waals surface area contributed by atoms with E-state index in [1.54, 1.807) is 24.3 Å². The highest BCUT2D eigenvalue weighted by atomic mass is 19.4. The molecule has 1 aliphatic carbocycles. The fraction of sp³-hybridized carbons (Fsp3) is 0.417. The number of aliphatic carboxylic acids is 1. The summed E-state index contributed by atoms with van der Waals surface area (Å²) >= 11 is 0. The molecule has 2 heterocycles. The quantitative estimate of drug-likeness (QED) is 0.361. The van der Waals surface area contributed by atoms with Crippen LogP contribution in [0.2, 0.25) is 0 Å². The molecule has 35 heavy (non-hydrogen) atoms. The molecule has 0 amide bonds. The number of hydrogen-bond acceptors (Lipinski definition) is 6. The van der Waals surface area contributed by atoms with Gasteiger partial charge in [-0.3, -0.25) is 0 Å². The molecule has 1 fully saturated rings. The van der Waals surface area contributed by atoms with Crippen molar-refractivity contribution in [2.45, 2.75) is 44.1 Å². The lowest BCUT2D eigenvalue weighted by atomic mass is 10.1. The van der Waals surface area contributed by atoms with E-state index in [2.05, 4.69) is 14.9 Å². The molecule has 2 aromatic heterocycles. The SMILES string of the molecule is O=NC(c1ccc2ccn(CCOc3ccc(CC(OCC(F)(F)F)C(=O)O)cc3)c2n1)C1CC1. The number of pyridine rings is 1. The number of carboxylic acid groups (broad SMARTS) is 1. The lowest BCUT2D eigenvalue weighted by Gasteiger charge is -2.15. The van der Waals surface area contributed by atoms with E-state index in [0.717, 1.165) is 23.9 Å². The van der Waals surface area contributed by atoms with Crippen molar-refractivity contribution in [3.05, 3.63) is 64.8 Å². The Kier molecular flexibility index (Phi) is 7.34. The molecule has 1 aliphatic rings. The van der Waals surface area contributed by atoms with Gasteiger partial charge in [-0.1, -0.05) is 17.3 Å². The fourth-order valence-electron chi connectivity index (χ4n) is 3.82. The van der Waals surface area contributed by atoms with Gasteiger partial charge in [0.25, 0.3) is 0 Å². The number of carbonyl (C=O) groups is 1. The van der Waals surface area contributed by atoms with Crippen LogP contribution in [0.3, 0.4) is 0 Å². The number of aromatic nitrogens is 2. The van der Waals surface area contributed by atoms with Gasteiger partial charge in [0.2, 0.25) is 0 Å². The fourth-order valence-corrected chi connectivity index (χ4v) is 3.82. The molecule has 3 aromatic rings. The summed E-state index contributed by atoms with van der Waals surface area (Å²) in [5.41, 5.74) is 1.92. The maximum absolute atomic E-state index is 12.3. The number of nitroso groups, excluding NO2 is 1. The second-order valence-electron chi connectivity index (χ2n) is 8.50. The molecule has 11 heteroatoms. The summed E-state index contributed by atoms with van der Waals surface area (Å²) < 4.78 is 49.2. The van der Waals surface area contributed by atoms with E-state index < -0.39 is 30.9 Å². The summed E-state index contributed by atoms with van der Waals surface area (Å²) in [4.78, 5) is 27.1. The summed E-state index contributed by atoms with van der Waals surface area (Å²) in [5, 5.41) is 13.3. The molecular weight excluding hydrogens is 467 g/mol. The van der Waals surface area contributed by atoms with Crippen LogP contribution in [0.1, 0.15) is 30.1 Å². The third-order valence-electron chi connectivity index (χ3n) is 5.79. The van der Waals surface area contributed by atoms with Gasteiger partial charge in [-0.05, 0) is 54.7 Å². The number of rotatable bonds is 12. The van der Waals surface area contributed by atoms with Crippen molar-refractivity contribution in [2.24, 2.45) is 11.1 Å². The molecule has 0 spiro atoms. The van der Waals surface area contributed by atoms with Crippen LogP contribution in [0.4, 0.5) is 13.2 Å². The Bertz CT molecular complexity index is 1180. The summed E-state index contributed by atoms with van der Waals surface area (Å²) in [7, 11) is 0. The monoisotopic (exact) mass is 491 g/mol. The maximum atomic E-state index is 12.3. The Hall–Kier alpha value is -3.47. The smallest absolute Gasteiger partial charge is 0.411 e. The van der Waals surface area contributed by atoms with Gasteiger partial charge in [-0.15, -0.1) is 0 Å². The predicted octanol–water partition coefficient (Wildman–Crippen LogP) is 4.91. The lowest BCUT2D eigenvalue weighted by Crippen LogP contribution is -2.31. The average Bonchev–Trinajstić information content (AvgIpc) is 3.57. The molecule has 1 N–H and O–H groups in total. The van der Waals surface area contributed by atoms with Crippen molar-refractivity contribution >= 4 is 17.0 Å². The topological polar surface area (TPSA) is 103 Å². The van der Waals surface area contributed by atoms with Crippen molar-refractivity contribution < 1.29 is 32.5 Å². The van der Waals surface area contributed by atoms with E-state index in [4.69, 9.17) is 9.84 Å². The Morgan fingerprint density at radius 1 is 1.17 bits per heavy atom. The van der Waals surface area contributed by atoms with Crippen molar-refractivity contribution in [1.29, 1.82) is 0 Å². The lowest BCUT2D eigenvalue weighted by molar-refractivity contribution is -0.192. The Morgan fingerprint density at radius 3 is 2.54 bits per heavy atom. The number of carboxylic acids is 1. The molecular formula is C24H24F3N3O5. The van der Waals surface area contributed by atoms with Crippen LogP contribution in [0, 0.1) is 10.8 Å². The van der Waals surface area contributed by atoms with Crippen LogP contribution < -0.4 is 4.74 Å². The summed E-state index contributed by atoms with van der Waals surface area (Å²) in [5.74, 6) is -0.660. The number of hydrogen-bond donors (Lipinski definition) is 1. The van der Waals surface area contributed by atoms with Gasteiger partial charge in [0.1, 0.15) is 30.7 Å². The second-order valence-corrected chi connectivity index (χ2v) is 8.50.